The van der Waals surface area contributed by atoms with E-state index in [9.17, 15) is 19.7 Å². The fourth-order valence-corrected chi connectivity index (χ4v) is 2.51. The summed E-state index contributed by atoms with van der Waals surface area (Å²) in [6.45, 7) is 1.68. The molecule has 0 atom stereocenters. The zero-order valence-electron chi connectivity index (χ0n) is 10.6. The number of aromatic carboxylic acids is 1. The molecule has 0 amide bonds. The van der Waals surface area contributed by atoms with Crippen molar-refractivity contribution in [3.05, 3.63) is 60.5 Å². The SMILES string of the molecule is Cc1cc(Br)c(-n2ccc(=O)c(C(=O)O)n2)c([N+](=O)[O-])c1. The molecule has 8 nitrogen and oxygen atoms in total. The summed E-state index contributed by atoms with van der Waals surface area (Å²) in [6.07, 6.45) is 1.18. The van der Waals surface area contributed by atoms with Crippen molar-refractivity contribution in [2.45, 2.75) is 6.92 Å². The summed E-state index contributed by atoms with van der Waals surface area (Å²) in [5.74, 6) is -1.50. The van der Waals surface area contributed by atoms with Gasteiger partial charge in [-0.25, -0.2) is 9.48 Å². The Hall–Kier alpha value is -2.55. The normalized spacial score (nSPS) is 10.4. The maximum Gasteiger partial charge on any atom is 0.360 e. The Morgan fingerprint density at radius 2 is 2.14 bits per heavy atom. The molecule has 2 aromatic rings. The van der Waals surface area contributed by atoms with E-state index in [0.29, 0.717) is 10.0 Å². The van der Waals surface area contributed by atoms with Crippen LogP contribution in [0.3, 0.4) is 0 Å². The van der Waals surface area contributed by atoms with E-state index in [2.05, 4.69) is 21.0 Å². The topological polar surface area (TPSA) is 115 Å². The number of aromatic nitrogens is 2. The molecule has 1 aromatic heterocycles. The lowest BCUT2D eigenvalue weighted by Gasteiger charge is -2.09. The number of nitro groups is 1. The van der Waals surface area contributed by atoms with E-state index in [1.807, 2.05) is 0 Å². The van der Waals surface area contributed by atoms with E-state index in [-0.39, 0.29) is 11.4 Å². The van der Waals surface area contributed by atoms with Crippen molar-refractivity contribution in [3.8, 4) is 5.69 Å². The van der Waals surface area contributed by atoms with Gasteiger partial charge in [0, 0.05) is 18.3 Å². The van der Waals surface area contributed by atoms with Gasteiger partial charge in [-0.15, -0.1) is 0 Å². The van der Waals surface area contributed by atoms with Crippen molar-refractivity contribution in [1.29, 1.82) is 0 Å². The van der Waals surface area contributed by atoms with Crippen LogP contribution in [0.15, 0.2) is 33.7 Å². The summed E-state index contributed by atoms with van der Waals surface area (Å²) < 4.78 is 1.36. The number of carboxylic acids is 1. The van der Waals surface area contributed by atoms with Crippen molar-refractivity contribution in [2.24, 2.45) is 0 Å². The van der Waals surface area contributed by atoms with Gasteiger partial charge in [0.2, 0.25) is 11.1 Å². The first-order valence-corrected chi connectivity index (χ1v) is 6.38. The maximum atomic E-state index is 11.4. The van der Waals surface area contributed by atoms with Crippen LogP contribution in [-0.2, 0) is 0 Å². The molecule has 0 aliphatic carbocycles. The molecule has 0 spiro atoms. The van der Waals surface area contributed by atoms with Crippen LogP contribution in [0.2, 0.25) is 0 Å². The standard InChI is InChI=1S/C12H8BrN3O5/c1-6-4-7(13)11(8(5-6)16(20)21)15-3-2-9(17)10(14-15)12(18)19/h2-5H,1H3,(H,18,19). The third-order valence-corrected chi connectivity index (χ3v) is 3.23. The molecule has 0 saturated carbocycles. The molecule has 0 fully saturated rings. The second-order valence-electron chi connectivity index (χ2n) is 4.15. The van der Waals surface area contributed by atoms with Gasteiger partial charge in [0.05, 0.1) is 9.40 Å². The Balaban J connectivity index is 2.78. The molecule has 21 heavy (non-hydrogen) atoms. The number of aryl methyl sites for hydroxylation is 1. The smallest absolute Gasteiger partial charge is 0.360 e. The predicted molar refractivity (Wildman–Crippen MR) is 75.9 cm³/mol. The molecule has 0 saturated heterocycles. The van der Waals surface area contributed by atoms with Gasteiger partial charge in [0.25, 0.3) is 5.69 Å². The van der Waals surface area contributed by atoms with E-state index in [4.69, 9.17) is 5.11 Å². The Labute approximate surface area is 125 Å². The highest BCUT2D eigenvalue weighted by atomic mass is 79.9. The first-order chi connectivity index (χ1) is 9.81. The largest absolute Gasteiger partial charge is 0.476 e. The minimum atomic E-state index is -1.50. The van der Waals surface area contributed by atoms with E-state index in [1.54, 1.807) is 13.0 Å². The molecule has 108 valence electrons. The highest BCUT2D eigenvalue weighted by molar-refractivity contribution is 9.10. The number of nitrogens with zero attached hydrogens (tertiary/aromatic N) is 3. The minimum Gasteiger partial charge on any atom is -0.476 e. The van der Waals surface area contributed by atoms with Crippen LogP contribution < -0.4 is 5.43 Å². The summed E-state index contributed by atoms with van der Waals surface area (Å²) in [5, 5.41) is 23.7. The van der Waals surface area contributed by atoms with Gasteiger partial charge in [-0.3, -0.25) is 14.9 Å². The van der Waals surface area contributed by atoms with Gasteiger partial charge in [0.15, 0.2) is 5.69 Å². The van der Waals surface area contributed by atoms with Crippen LogP contribution in [-0.4, -0.2) is 25.8 Å². The van der Waals surface area contributed by atoms with Gasteiger partial charge in [-0.05, 0) is 34.5 Å². The predicted octanol–water partition coefficient (Wildman–Crippen LogP) is 1.91. The summed E-state index contributed by atoms with van der Waals surface area (Å²) in [5.41, 5.74) is -1.04. The second-order valence-corrected chi connectivity index (χ2v) is 5.00. The molecule has 2 rings (SSSR count). The van der Waals surface area contributed by atoms with Gasteiger partial charge in [0.1, 0.15) is 0 Å². The fourth-order valence-electron chi connectivity index (χ4n) is 1.76. The number of halogens is 1. The molecule has 9 heteroatoms. The number of hydrogen-bond donors (Lipinski definition) is 1. The van der Waals surface area contributed by atoms with E-state index in [1.165, 1.54) is 12.3 Å². The summed E-state index contributed by atoms with van der Waals surface area (Å²) in [6, 6.07) is 3.95. The molecule has 0 aliphatic heterocycles. The van der Waals surface area contributed by atoms with Gasteiger partial charge in [-0.1, -0.05) is 0 Å². The van der Waals surface area contributed by atoms with Crippen LogP contribution >= 0.6 is 15.9 Å². The van der Waals surface area contributed by atoms with Crippen LogP contribution in [0, 0.1) is 17.0 Å². The van der Waals surface area contributed by atoms with Gasteiger partial charge in [-0.2, -0.15) is 5.10 Å². The molecule has 1 heterocycles. The number of carboxylic acid groups (broad SMARTS) is 1. The highest BCUT2D eigenvalue weighted by Gasteiger charge is 2.21. The Bertz CT molecular complexity index is 815. The lowest BCUT2D eigenvalue weighted by atomic mass is 10.2. The van der Waals surface area contributed by atoms with Crippen molar-refractivity contribution in [2.75, 3.05) is 0 Å². The summed E-state index contributed by atoms with van der Waals surface area (Å²) in [7, 11) is 0. The second kappa shape index (κ2) is 5.44. The molecule has 1 aromatic carbocycles. The molecule has 0 radical (unpaired) electrons. The molecule has 0 aliphatic rings. The average Bonchev–Trinajstić information content (AvgIpc) is 2.38. The molecule has 1 N–H and O–H groups in total. The van der Waals surface area contributed by atoms with E-state index < -0.39 is 22.0 Å². The summed E-state index contributed by atoms with van der Waals surface area (Å²) in [4.78, 5) is 32.9. The van der Waals surface area contributed by atoms with Gasteiger partial charge < -0.3 is 5.11 Å². The monoisotopic (exact) mass is 353 g/mol. The molecule has 0 bridgehead atoms. The Morgan fingerprint density at radius 3 is 2.71 bits per heavy atom. The van der Waals surface area contributed by atoms with Crippen LogP contribution in [0.25, 0.3) is 5.69 Å². The van der Waals surface area contributed by atoms with E-state index in [0.717, 1.165) is 10.7 Å². The first-order valence-electron chi connectivity index (χ1n) is 5.59. The Morgan fingerprint density at radius 1 is 1.48 bits per heavy atom. The third kappa shape index (κ3) is 2.82. The van der Waals surface area contributed by atoms with Crippen LogP contribution in [0.1, 0.15) is 16.1 Å². The molecular weight excluding hydrogens is 346 g/mol. The van der Waals surface area contributed by atoms with Crippen molar-refractivity contribution >= 4 is 27.6 Å². The fraction of sp³-hybridized carbons (Fsp3) is 0.0833. The van der Waals surface area contributed by atoms with Crippen molar-refractivity contribution < 1.29 is 14.8 Å². The maximum absolute atomic E-state index is 11.4. The van der Waals surface area contributed by atoms with Crippen molar-refractivity contribution in [3.63, 3.8) is 0 Å². The number of nitro benzene ring substituents is 1. The number of hydrogen-bond acceptors (Lipinski definition) is 5. The van der Waals surface area contributed by atoms with Gasteiger partial charge >= 0.3 is 5.97 Å². The van der Waals surface area contributed by atoms with Crippen LogP contribution in [0.5, 0.6) is 0 Å². The Kier molecular flexibility index (Phi) is 3.85. The lowest BCUT2D eigenvalue weighted by Crippen LogP contribution is -2.20. The highest BCUT2D eigenvalue weighted by Crippen LogP contribution is 2.31. The first kappa shape index (κ1) is 14.9. The zero-order valence-corrected chi connectivity index (χ0v) is 12.2. The zero-order chi connectivity index (χ0) is 15.7. The van der Waals surface area contributed by atoms with Crippen molar-refractivity contribution in [1.82, 2.24) is 9.78 Å². The average molecular weight is 354 g/mol. The molecule has 0 unspecified atom stereocenters. The molecular formula is C12H8BrN3O5. The third-order valence-electron chi connectivity index (χ3n) is 2.62. The summed E-state index contributed by atoms with van der Waals surface area (Å²) >= 11 is 3.19. The van der Waals surface area contributed by atoms with Crippen LogP contribution in [0.4, 0.5) is 5.69 Å². The number of carbonyl (C=O) groups is 1. The number of benzene rings is 1. The minimum absolute atomic E-state index is 0.0492. The van der Waals surface area contributed by atoms with E-state index >= 15 is 0 Å². The number of rotatable bonds is 3. The quantitative estimate of drug-likeness (QED) is 0.665. The lowest BCUT2D eigenvalue weighted by molar-refractivity contribution is -0.384.